The fourth-order valence-corrected chi connectivity index (χ4v) is 4.98. The second kappa shape index (κ2) is 7.93. The van der Waals surface area contributed by atoms with Crippen LogP contribution < -0.4 is 14.8 Å². The van der Waals surface area contributed by atoms with Crippen LogP contribution >= 0.6 is 0 Å². The van der Waals surface area contributed by atoms with E-state index >= 15 is 0 Å². The van der Waals surface area contributed by atoms with Gasteiger partial charge in [-0.25, -0.2) is 0 Å². The number of aromatic nitrogens is 1. The predicted octanol–water partition coefficient (Wildman–Crippen LogP) is 4.75. The quantitative estimate of drug-likeness (QED) is 0.648. The number of carbonyl (C=O) groups is 1. The van der Waals surface area contributed by atoms with Gasteiger partial charge >= 0.3 is 0 Å². The summed E-state index contributed by atoms with van der Waals surface area (Å²) in [6, 6.07) is 16.3. The standard InChI is InChI=1S/C26H29N3O3/c1-4-32-22-10-8-19(17-23(22)31-3)25(30)28-14-11-26(12-15-28)24-6-5-13-29(24)21-16-18(2)7-9-20(21)27-26/h5-10,13,16-17,27H,4,11-12,14-15H2,1-3H3. The lowest BCUT2D eigenvalue weighted by Crippen LogP contribution is -2.51. The van der Waals surface area contributed by atoms with Crippen molar-refractivity contribution >= 4 is 11.6 Å². The van der Waals surface area contributed by atoms with E-state index in [1.807, 2.05) is 24.0 Å². The average Bonchev–Trinajstić information content (AvgIpc) is 3.32. The van der Waals surface area contributed by atoms with Crippen molar-refractivity contribution in [2.75, 3.05) is 32.1 Å². The fourth-order valence-electron chi connectivity index (χ4n) is 4.98. The molecule has 1 aromatic heterocycles. The molecule has 1 amide bonds. The van der Waals surface area contributed by atoms with Gasteiger partial charge in [-0.15, -0.1) is 0 Å². The number of benzene rings is 2. The number of likely N-dealkylation sites (tertiary alicyclic amines) is 1. The number of hydrogen-bond donors (Lipinski definition) is 1. The number of amides is 1. The van der Waals surface area contributed by atoms with Crippen molar-refractivity contribution in [3.8, 4) is 17.2 Å². The molecule has 6 heteroatoms. The molecule has 3 aromatic rings. The summed E-state index contributed by atoms with van der Waals surface area (Å²) in [6.07, 6.45) is 3.84. The van der Waals surface area contributed by atoms with Crippen LogP contribution in [-0.4, -0.2) is 42.2 Å². The molecule has 1 saturated heterocycles. The van der Waals surface area contributed by atoms with E-state index in [0.29, 0.717) is 36.8 Å². The molecule has 1 spiro atoms. The first-order chi connectivity index (χ1) is 15.5. The summed E-state index contributed by atoms with van der Waals surface area (Å²) in [5.41, 5.74) is 5.31. The highest BCUT2D eigenvalue weighted by Crippen LogP contribution is 2.43. The number of rotatable bonds is 4. The van der Waals surface area contributed by atoms with Crippen molar-refractivity contribution in [3.05, 3.63) is 71.5 Å². The molecule has 1 fully saturated rings. The normalized spacial score (nSPS) is 16.2. The molecule has 3 heterocycles. The van der Waals surface area contributed by atoms with Crippen LogP contribution in [0.4, 0.5) is 5.69 Å². The lowest BCUT2D eigenvalue weighted by Gasteiger charge is -2.46. The van der Waals surface area contributed by atoms with Crippen LogP contribution in [0.25, 0.3) is 5.69 Å². The molecule has 32 heavy (non-hydrogen) atoms. The monoisotopic (exact) mass is 431 g/mol. The first-order valence-electron chi connectivity index (χ1n) is 11.2. The van der Waals surface area contributed by atoms with Crippen LogP contribution in [-0.2, 0) is 5.54 Å². The zero-order valence-electron chi connectivity index (χ0n) is 18.9. The highest BCUT2D eigenvalue weighted by atomic mass is 16.5. The lowest BCUT2D eigenvalue weighted by molar-refractivity contribution is 0.0676. The van der Waals surface area contributed by atoms with Crippen LogP contribution in [0.5, 0.6) is 11.5 Å². The molecule has 2 aliphatic heterocycles. The third-order valence-electron chi connectivity index (χ3n) is 6.64. The van der Waals surface area contributed by atoms with Gasteiger partial charge in [0.25, 0.3) is 5.91 Å². The highest BCUT2D eigenvalue weighted by Gasteiger charge is 2.42. The van der Waals surface area contributed by atoms with Crippen LogP contribution in [0, 0.1) is 6.92 Å². The number of methoxy groups -OCH3 is 1. The number of piperidine rings is 1. The number of carbonyl (C=O) groups excluding carboxylic acids is 1. The highest BCUT2D eigenvalue weighted by molar-refractivity contribution is 5.95. The molecule has 0 atom stereocenters. The van der Waals surface area contributed by atoms with Gasteiger partial charge in [-0.05, 0) is 74.7 Å². The first kappa shape index (κ1) is 20.5. The minimum Gasteiger partial charge on any atom is -0.493 e. The Kier molecular flexibility index (Phi) is 5.08. The predicted molar refractivity (Wildman–Crippen MR) is 125 cm³/mol. The van der Waals surface area contributed by atoms with E-state index in [4.69, 9.17) is 9.47 Å². The average molecular weight is 432 g/mol. The Bertz CT molecular complexity index is 1160. The SMILES string of the molecule is CCOc1ccc(C(=O)N2CCC3(CC2)Nc2ccc(C)cc2-n2cccc23)cc1OC. The van der Waals surface area contributed by atoms with Gasteiger partial charge in [-0.1, -0.05) is 6.07 Å². The number of aryl methyl sites for hydroxylation is 1. The molecule has 0 radical (unpaired) electrons. The molecule has 6 nitrogen and oxygen atoms in total. The van der Waals surface area contributed by atoms with Crippen molar-refractivity contribution in [3.63, 3.8) is 0 Å². The summed E-state index contributed by atoms with van der Waals surface area (Å²) in [7, 11) is 1.60. The van der Waals surface area contributed by atoms with Gasteiger partial charge < -0.3 is 24.3 Å². The molecule has 2 aromatic carbocycles. The second-order valence-electron chi connectivity index (χ2n) is 8.58. The Morgan fingerprint density at radius 2 is 1.91 bits per heavy atom. The molecular formula is C26H29N3O3. The molecule has 0 unspecified atom stereocenters. The third kappa shape index (κ3) is 3.30. The van der Waals surface area contributed by atoms with Gasteiger partial charge in [0.1, 0.15) is 0 Å². The number of anilines is 1. The number of nitrogens with zero attached hydrogens (tertiary/aromatic N) is 2. The summed E-state index contributed by atoms with van der Waals surface area (Å²) in [6.45, 7) is 5.97. The van der Waals surface area contributed by atoms with E-state index in [2.05, 4.69) is 53.3 Å². The maximum atomic E-state index is 13.2. The zero-order chi connectivity index (χ0) is 22.3. The van der Waals surface area contributed by atoms with Gasteiger partial charge in [0.05, 0.1) is 30.6 Å². The second-order valence-corrected chi connectivity index (χ2v) is 8.58. The van der Waals surface area contributed by atoms with E-state index in [0.717, 1.165) is 18.5 Å². The summed E-state index contributed by atoms with van der Waals surface area (Å²) >= 11 is 0. The van der Waals surface area contributed by atoms with E-state index in [9.17, 15) is 4.79 Å². The summed E-state index contributed by atoms with van der Waals surface area (Å²) < 4.78 is 13.3. The van der Waals surface area contributed by atoms with Crippen LogP contribution in [0.2, 0.25) is 0 Å². The Balaban J connectivity index is 1.37. The summed E-state index contributed by atoms with van der Waals surface area (Å²) in [4.78, 5) is 15.2. The largest absolute Gasteiger partial charge is 0.493 e. The van der Waals surface area contributed by atoms with E-state index < -0.39 is 0 Å². The van der Waals surface area contributed by atoms with E-state index in [1.165, 1.54) is 16.9 Å². The molecule has 0 saturated carbocycles. The van der Waals surface area contributed by atoms with Crippen LogP contribution in [0.15, 0.2) is 54.7 Å². The molecule has 1 N–H and O–H groups in total. The maximum Gasteiger partial charge on any atom is 0.253 e. The maximum absolute atomic E-state index is 13.2. The summed E-state index contributed by atoms with van der Waals surface area (Å²) in [5.74, 6) is 1.28. The molecule has 0 aliphatic carbocycles. The number of nitrogens with one attached hydrogen (secondary N) is 1. The minimum absolute atomic E-state index is 0.0309. The molecule has 166 valence electrons. The zero-order valence-corrected chi connectivity index (χ0v) is 18.9. The van der Waals surface area contributed by atoms with E-state index in [1.54, 1.807) is 13.2 Å². The van der Waals surface area contributed by atoms with Gasteiger partial charge in [-0.3, -0.25) is 4.79 Å². The van der Waals surface area contributed by atoms with Gasteiger partial charge in [0, 0.05) is 30.5 Å². The van der Waals surface area contributed by atoms with Crippen molar-refractivity contribution in [2.45, 2.75) is 32.2 Å². The Morgan fingerprint density at radius 1 is 1.09 bits per heavy atom. The topological polar surface area (TPSA) is 55.7 Å². The first-order valence-corrected chi connectivity index (χ1v) is 11.2. The third-order valence-corrected chi connectivity index (χ3v) is 6.64. The van der Waals surface area contributed by atoms with Gasteiger partial charge in [0.15, 0.2) is 11.5 Å². The molecule has 2 aliphatic rings. The molecular weight excluding hydrogens is 402 g/mol. The summed E-state index contributed by atoms with van der Waals surface area (Å²) in [5, 5.41) is 3.83. The molecule has 0 bridgehead atoms. The van der Waals surface area contributed by atoms with Crippen LogP contribution in [0.1, 0.15) is 41.4 Å². The van der Waals surface area contributed by atoms with Crippen molar-refractivity contribution in [2.24, 2.45) is 0 Å². The number of fused-ring (bicyclic) bond motifs is 4. The Hall–Kier alpha value is -3.41. The minimum atomic E-state index is -0.168. The smallest absolute Gasteiger partial charge is 0.253 e. The van der Waals surface area contributed by atoms with Gasteiger partial charge in [-0.2, -0.15) is 0 Å². The Labute approximate surface area is 188 Å². The Morgan fingerprint density at radius 3 is 2.66 bits per heavy atom. The van der Waals surface area contributed by atoms with Crippen molar-refractivity contribution < 1.29 is 14.3 Å². The van der Waals surface area contributed by atoms with Crippen molar-refractivity contribution in [1.82, 2.24) is 9.47 Å². The fraction of sp³-hybridized carbons (Fsp3) is 0.346. The number of ether oxygens (including phenoxy) is 2. The molecule has 5 rings (SSSR count). The lowest BCUT2D eigenvalue weighted by atomic mass is 9.82. The van der Waals surface area contributed by atoms with Gasteiger partial charge in [0.2, 0.25) is 0 Å². The number of hydrogen-bond acceptors (Lipinski definition) is 4. The van der Waals surface area contributed by atoms with Crippen molar-refractivity contribution in [1.29, 1.82) is 0 Å². The van der Waals surface area contributed by atoms with Crippen LogP contribution in [0.3, 0.4) is 0 Å². The van der Waals surface area contributed by atoms with E-state index in [-0.39, 0.29) is 11.4 Å².